The topological polar surface area (TPSA) is 77.1 Å². The van der Waals surface area contributed by atoms with Gasteiger partial charge in [-0.1, -0.05) is 0 Å². The van der Waals surface area contributed by atoms with Gasteiger partial charge in [-0.2, -0.15) is 23.4 Å². The summed E-state index contributed by atoms with van der Waals surface area (Å²) < 4.78 is 41.1. The van der Waals surface area contributed by atoms with Crippen molar-refractivity contribution < 1.29 is 18.0 Å². The predicted molar refractivity (Wildman–Crippen MR) is 89.6 cm³/mol. The van der Waals surface area contributed by atoms with Crippen molar-refractivity contribution in [1.29, 1.82) is 0 Å². The molecule has 3 heterocycles. The van der Waals surface area contributed by atoms with Crippen molar-refractivity contribution in [1.82, 2.24) is 29.7 Å². The summed E-state index contributed by atoms with van der Waals surface area (Å²) in [6, 6.07) is 2.69. The third kappa shape index (κ3) is 3.71. The number of carbonyl (C=O) groups excluding carboxylic acids is 1. The van der Waals surface area contributed by atoms with Gasteiger partial charge < -0.3 is 5.32 Å². The Morgan fingerprint density at radius 1 is 1.35 bits per heavy atom. The number of nitrogens with zero attached hydrogens (tertiary/aromatic N) is 5. The van der Waals surface area contributed by atoms with Gasteiger partial charge in [-0.3, -0.25) is 9.48 Å². The molecule has 0 saturated carbocycles. The van der Waals surface area contributed by atoms with Crippen LogP contribution < -0.4 is 5.32 Å². The Hall–Kier alpha value is -2.43. The first-order chi connectivity index (χ1) is 12.3. The van der Waals surface area contributed by atoms with E-state index in [2.05, 4.69) is 36.4 Å². The molecule has 0 aliphatic rings. The zero-order valence-corrected chi connectivity index (χ0v) is 15.2. The molecule has 0 aliphatic heterocycles. The van der Waals surface area contributed by atoms with Gasteiger partial charge in [-0.05, 0) is 41.4 Å². The first-order valence-electron chi connectivity index (χ1n) is 7.66. The summed E-state index contributed by atoms with van der Waals surface area (Å²) in [5.41, 5.74) is 0.209. The number of hydrogen-bond donors (Lipinski definition) is 1. The molecule has 0 aromatic carbocycles. The highest BCUT2D eigenvalue weighted by Gasteiger charge is 2.34. The number of aryl methyl sites for hydroxylation is 2. The number of rotatable bonds is 5. The third-order valence-electron chi connectivity index (χ3n) is 3.66. The fourth-order valence-electron chi connectivity index (χ4n) is 2.39. The van der Waals surface area contributed by atoms with Crippen molar-refractivity contribution in [2.75, 3.05) is 6.54 Å². The maximum absolute atomic E-state index is 12.6. The van der Waals surface area contributed by atoms with Crippen LogP contribution in [0.15, 0.2) is 29.0 Å². The highest BCUT2D eigenvalue weighted by molar-refractivity contribution is 9.10. The van der Waals surface area contributed by atoms with Crippen molar-refractivity contribution in [2.24, 2.45) is 0 Å². The summed E-state index contributed by atoms with van der Waals surface area (Å²) >= 11 is 3.30. The molecule has 26 heavy (non-hydrogen) atoms. The van der Waals surface area contributed by atoms with Gasteiger partial charge >= 0.3 is 6.18 Å². The van der Waals surface area contributed by atoms with Crippen LogP contribution in [0.5, 0.6) is 0 Å². The normalized spacial score (nSPS) is 11.9. The number of halogens is 4. The fraction of sp³-hybridized carbons (Fsp3) is 0.333. The molecular weight excluding hydrogens is 417 g/mol. The predicted octanol–water partition coefficient (Wildman–Crippen LogP) is 2.84. The van der Waals surface area contributed by atoms with Crippen LogP contribution in [-0.2, 0) is 12.7 Å². The zero-order chi connectivity index (χ0) is 18.9. The average Bonchev–Trinajstić information content (AvgIpc) is 3.12. The largest absolute Gasteiger partial charge is 0.435 e. The molecule has 0 saturated heterocycles. The lowest BCUT2D eigenvalue weighted by Gasteiger charge is -2.06. The molecule has 0 spiro atoms. The smallest absolute Gasteiger partial charge is 0.351 e. The molecule has 7 nitrogen and oxygen atoms in total. The van der Waals surface area contributed by atoms with Crippen molar-refractivity contribution in [3.63, 3.8) is 0 Å². The lowest BCUT2D eigenvalue weighted by atomic mass is 10.3. The van der Waals surface area contributed by atoms with E-state index in [-0.39, 0.29) is 18.8 Å². The van der Waals surface area contributed by atoms with Crippen LogP contribution in [0.1, 0.15) is 28.3 Å². The number of aromatic nitrogens is 5. The molecule has 0 fully saturated rings. The van der Waals surface area contributed by atoms with E-state index in [0.29, 0.717) is 22.2 Å². The zero-order valence-electron chi connectivity index (χ0n) is 13.6. The SMILES string of the molecule is Cc1cc(C(F)(F)F)nn1CCCNC(=O)c1nn2cccnc2c1Br. The van der Waals surface area contributed by atoms with Gasteiger partial charge in [0, 0.05) is 31.2 Å². The van der Waals surface area contributed by atoms with Gasteiger partial charge in [0.15, 0.2) is 17.0 Å². The van der Waals surface area contributed by atoms with Gasteiger partial charge in [0.05, 0.1) is 4.47 Å². The second kappa shape index (κ2) is 7.06. The minimum Gasteiger partial charge on any atom is -0.351 e. The fourth-order valence-corrected chi connectivity index (χ4v) is 2.94. The molecule has 0 bridgehead atoms. The van der Waals surface area contributed by atoms with E-state index in [1.807, 2.05) is 0 Å². The summed E-state index contributed by atoms with van der Waals surface area (Å²) in [5, 5.41) is 10.4. The molecule has 0 unspecified atom stereocenters. The van der Waals surface area contributed by atoms with Crippen LogP contribution >= 0.6 is 15.9 Å². The van der Waals surface area contributed by atoms with E-state index < -0.39 is 17.8 Å². The van der Waals surface area contributed by atoms with Crippen molar-refractivity contribution in [3.05, 3.63) is 46.1 Å². The van der Waals surface area contributed by atoms with Gasteiger partial charge in [0.25, 0.3) is 5.91 Å². The number of alkyl halides is 3. The van der Waals surface area contributed by atoms with E-state index in [1.165, 1.54) is 9.20 Å². The molecule has 3 aromatic rings. The van der Waals surface area contributed by atoms with Crippen molar-refractivity contribution >= 4 is 27.5 Å². The third-order valence-corrected chi connectivity index (χ3v) is 4.39. The molecule has 11 heteroatoms. The van der Waals surface area contributed by atoms with Gasteiger partial charge in [-0.15, -0.1) is 0 Å². The second-order valence-electron chi connectivity index (χ2n) is 5.55. The Bertz CT molecular complexity index is 949. The minimum absolute atomic E-state index is 0.193. The Labute approximate surface area is 154 Å². The molecule has 138 valence electrons. The molecule has 1 N–H and O–H groups in total. The number of nitrogens with one attached hydrogen (secondary N) is 1. The Morgan fingerprint density at radius 3 is 2.77 bits per heavy atom. The summed E-state index contributed by atoms with van der Waals surface area (Å²) in [4.78, 5) is 16.4. The number of amides is 1. The van der Waals surface area contributed by atoms with Gasteiger partial charge in [0.1, 0.15) is 0 Å². The summed E-state index contributed by atoms with van der Waals surface area (Å²) in [6.45, 7) is 2.09. The molecular formula is C15H14BrF3N6O. The molecule has 0 radical (unpaired) electrons. The standard InChI is InChI=1S/C15H14BrF3N6O/c1-9-8-10(15(17,18)19)22-24(9)6-3-5-21-14(26)12-11(16)13-20-4-2-7-25(13)23-12/h2,4,7-8H,3,5-6H2,1H3,(H,21,26). The summed E-state index contributed by atoms with van der Waals surface area (Å²) in [7, 11) is 0. The van der Waals surface area contributed by atoms with E-state index in [4.69, 9.17) is 0 Å². The maximum atomic E-state index is 12.6. The van der Waals surface area contributed by atoms with E-state index >= 15 is 0 Å². The van der Waals surface area contributed by atoms with Crippen LogP contribution in [0.2, 0.25) is 0 Å². The van der Waals surface area contributed by atoms with Gasteiger partial charge in [0.2, 0.25) is 0 Å². The first kappa shape index (κ1) is 18.4. The Kier molecular flexibility index (Phi) is 4.99. The monoisotopic (exact) mass is 430 g/mol. The number of carbonyl (C=O) groups is 1. The number of hydrogen-bond acceptors (Lipinski definition) is 4. The van der Waals surface area contributed by atoms with E-state index in [9.17, 15) is 18.0 Å². The summed E-state index contributed by atoms with van der Waals surface area (Å²) in [6.07, 6.45) is -0.782. The minimum atomic E-state index is -4.46. The van der Waals surface area contributed by atoms with Gasteiger partial charge in [-0.25, -0.2) is 9.50 Å². The van der Waals surface area contributed by atoms with Crippen LogP contribution in [0.25, 0.3) is 5.65 Å². The van der Waals surface area contributed by atoms with Crippen molar-refractivity contribution in [3.8, 4) is 0 Å². The van der Waals surface area contributed by atoms with E-state index in [0.717, 1.165) is 6.07 Å². The average molecular weight is 431 g/mol. The van der Waals surface area contributed by atoms with E-state index in [1.54, 1.807) is 25.4 Å². The van der Waals surface area contributed by atoms with Crippen molar-refractivity contribution in [2.45, 2.75) is 26.1 Å². The molecule has 1 amide bonds. The lowest BCUT2D eigenvalue weighted by Crippen LogP contribution is -2.26. The highest BCUT2D eigenvalue weighted by Crippen LogP contribution is 2.28. The molecule has 0 aliphatic carbocycles. The van der Waals surface area contributed by atoms with Crippen LogP contribution in [0.4, 0.5) is 13.2 Å². The van der Waals surface area contributed by atoms with Crippen LogP contribution in [0.3, 0.4) is 0 Å². The van der Waals surface area contributed by atoms with Crippen LogP contribution in [0, 0.1) is 6.92 Å². The Balaban J connectivity index is 1.57. The van der Waals surface area contributed by atoms with Crippen LogP contribution in [-0.4, -0.2) is 36.8 Å². The Morgan fingerprint density at radius 2 is 2.12 bits per heavy atom. The highest BCUT2D eigenvalue weighted by atomic mass is 79.9. The molecule has 3 rings (SSSR count). The quantitative estimate of drug-likeness (QED) is 0.631. The molecule has 0 atom stereocenters. The maximum Gasteiger partial charge on any atom is 0.435 e. The lowest BCUT2D eigenvalue weighted by molar-refractivity contribution is -0.141. The first-order valence-corrected chi connectivity index (χ1v) is 8.45. The number of fused-ring (bicyclic) bond motifs is 1. The second-order valence-corrected chi connectivity index (χ2v) is 6.34. The molecule has 3 aromatic heterocycles. The summed E-state index contributed by atoms with van der Waals surface area (Å²) in [5.74, 6) is -0.393.